The zero-order valence-corrected chi connectivity index (χ0v) is 19.5. The van der Waals surface area contributed by atoms with Crippen LogP contribution in [0.3, 0.4) is 0 Å². The van der Waals surface area contributed by atoms with Crippen LogP contribution < -0.4 is 15.9 Å². The molecule has 0 aliphatic carbocycles. The van der Waals surface area contributed by atoms with Crippen LogP contribution >= 0.6 is 0 Å². The van der Waals surface area contributed by atoms with Crippen LogP contribution in [0.4, 0.5) is 0 Å². The van der Waals surface area contributed by atoms with Gasteiger partial charge in [0.25, 0.3) is 0 Å². The van der Waals surface area contributed by atoms with E-state index in [2.05, 4.69) is 22.0 Å². The van der Waals surface area contributed by atoms with Gasteiger partial charge in [-0.2, -0.15) is 0 Å². The van der Waals surface area contributed by atoms with E-state index in [0.717, 1.165) is 49.7 Å². The van der Waals surface area contributed by atoms with E-state index in [1.165, 1.54) is 10.1 Å². The van der Waals surface area contributed by atoms with Crippen LogP contribution in [0.5, 0.6) is 11.5 Å². The van der Waals surface area contributed by atoms with Crippen LogP contribution in [0.2, 0.25) is 0 Å². The van der Waals surface area contributed by atoms with Crippen molar-refractivity contribution in [2.45, 2.75) is 32.4 Å². The lowest BCUT2D eigenvalue weighted by atomic mass is 10.0. The average Bonchev–Trinajstić information content (AvgIpc) is 2.85. The van der Waals surface area contributed by atoms with Gasteiger partial charge in [0, 0.05) is 38.4 Å². The molecule has 174 valence electrons. The van der Waals surface area contributed by atoms with Crippen molar-refractivity contribution in [2.75, 3.05) is 13.1 Å². The van der Waals surface area contributed by atoms with Gasteiger partial charge in [0.15, 0.2) is 5.65 Å². The van der Waals surface area contributed by atoms with Gasteiger partial charge >= 0.3 is 11.1 Å². The molecule has 0 unspecified atom stereocenters. The second-order valence-corrected chi connectivity index (χ2v) is 8.90. The molecule has 1 aliphatic heterocycles. The monoisotopic (exact) mass is 456 g/mol. The summed E-state index contributed by atoms with van der Waals surface area (Å²) in [6.07, 6.45) is 1.58. The molecule has 1 fully saturated rings. The van der Waals surface area contributed by atoms with Crippen LogP contribution in [0.15, 0.2) is 76.3 Å². The number of aromatic nitrogens is 3. The summed E-state index contributed by atoms with van der Waals surface area (Å²) in [5.41, 5.74) is 2.30. The standard InChI is InChI=1S/C27H28N4O3/c1-19-11-12-24-25(28-19)31(27(33)26(32)29(24)2)21-13-15-30(16-14-21)18-20-7-6-10-23(17-20)34-22-8-4-3-5-9-22/h3-12,17,21H,13-16,18H2,1-2H3. The third-order valence-corrected chi connectivity index (χ3v) is 6.50. The first-order chi connectivity index (χ1) is 16.5. The van der Waals surface area contributed by atoms with Crippen molar-refractivity contribution in [1.29, 1.82) is 0 Å². The minimum atomic E-state index is -0.504. The molecule has 7 heteroatoms. The van der Waals surface area contributed by atoms with E-state index < -0.39 is 11.1 Å². The molecule has 34 heavy (non-hydrogen) atoms. The first kappa shape index (κ1) is 22.1. The van der Waals surface area contributed by atoms with E-state index in [1.54, 1.807) is 11.6 Å². The molecule has 0 N–H and O–H groups in total. The number of hydrogen-bond donors (Lipinski definition) is 0. The van der Waals surface area contributed by atoms with Crippen molar-refractivity contribution in [2.24, 2.45) is 7.05 Å². The lowest BCUT2D eigenvalue weighted by molar-refractivity contribution is 0.179. The lowest BCUT2D eigenvalue weighted by Crippen LogP contribution is -2.45. The molecule has 2 aromatic heterocycles. The quantitative estimate of drug-likeness (QED) is 0.424. The van der Waals surface area contributed by atoms with Crippen molar-refractivity contribution in [3.63, 3.8) is 0 Å². The summed E-state index contributed by atoms with van der Waals surface area (Å²) in [4.78, 5) is 32.5. The number of para-hydroxylation sites is 1. The lowest BCUT2D eigenvalue weighted by Gasteiger charge is -2.33. The van der Waals surface area contributed by atoms with Gasteiger partial charge in [-0.15, -0.1) is 0 Å². The largest absolute Gasteiger partial charge is 0.457 e. The molecule has 5 rings (SSSR count). The fourth-order valence-electron chi connectivity index (χ4n) is 4.69. The minimum absolute atomic E-state index is 0.0396. The molecule has 2 aromatic carbocycles. The summed E-state index contributed by atoms with van der Waals surface area (Å²) in [5, 5.41) is 0. The van der Waals surface area contributed by atoms with Crippen LogP contribution in [0.1, 0.15) is 30.1 Å². The van der Waals surface area contributed by atoms with E-state index in [-0.39, 0.29) is 6.04 Å². The molecular formula is C27H28N4O3. The zero-order valence-electron chi connectivity index (χ0n) is 19.5. The molecule has 4 aromatic rings. The molecule has 1 aliphatic rings. The molecule has 1 saturated heterocycles. The normalized spacial score (nSPS) is 15.0. The Kier molecular flexibility index (Phi) is 6.02. The van der Waals surface area contributed by atoms with E-state index in [1.807, 2.05) is 61.5 Å². The molecular weight excluding hydrogens is 428 g/mol. The van der Waals surface area contributed by atoms with E-state index in [9.17, 15) is 9.59 Å². The Balaban J connectivity index is 1.31. The van der Waals surface area contributed by atoms with Crippen molar-refractivity contribution in [1.82, 2.24) is 19.0 Å². The highest BCUT2D eigenvalue weighted by Gasteiger charge is 2.25. The van der Waals surface area contributed by atoms with Crippen LogP contribution in [0.25, 0.3) is 11.2 Å². The van der Waals surface area contributed by atoms with Crippen molar-refractivity contribution in [3.8, 4) is 11.5 Å². The van der Waals surface area contributed by atoms with E-state index in [4.69, 9.17) is 4.74 Å². The van der Waals surface area contributed by atoms with Crippen LogP contribution in [-0.4, -0.2) is 32.1 Å². The summed E-state index contributed by atoms with van der Waals surface area (Å²) in [5.74, 6) is 1.63. The van der Waals surface area contributed by atoms with Gasteiger partial charge in [-0.25, -0.2) is 4.98 Å². The molecule has 0 bridgehead atoms. The number of nitrogens with zero attached hydrogens (tertiary/aromatic N) is 4. The number of rotatable bonds is 5. The molecule has 0 amide bonds. The smallest absolute Gasteiger partial charge is 0.318 e. The van der Waals surface area contributed by atoms with E-state index >= 15 is 0 Å². The Bertz CT molecular complexity index is 1430. The Morgan fingerprint density at radius 2 is 1.65 bits per heavy atom. The van der Waals surface area contributed by atoms with Gasteiger partial charge in [0.05, 0.1) is 5.52 Å². The second kappa shape index (κ2) is 9.27. The number of piperidine rings is 1. The Morgan fingerprint density at radius 3 is 2.41 bits per heavy atom. The molecule has 0 atom stereocenters. The molecule has 3 heterocycles. The Hall–Kier alpha value is -3.71. The van der Waals surface area contributed by atoms with Crippen molar-refractivity contribution in [3.05, 3.63) is 98.7 Å². The van der Waals surface area contributed by atoms with Gasteiger partial charge in [0.1, 0.15) is 11.5 Å². The van der Waals surface area contributed by atoms with Gasteiger partial charge in [-0.05, 0) is 61.7 Å². The second-order valence-electron chi connectivity index (χ2n) is 8.90. The zero-order chi connectivity index (χ0) is 23.7. The maximum absolute atomic E-state index is 12.9. The van der Waals surface area contributed by atoms with Gasteiger partial charge < -0.3 is 9.30 Å². The Morgan fingerprint density at radius 1 is 0.912 bits per heavy atom. The summed E-state index contributed by atoms with van der Waals surface area (Å²) in [6, 6.07) is 21.6. The number of benzene rings is 2. The molecule has 0 spiro atoms. The topological polar surface area (TPSA) is 69.4 Å². The summed E-state index contributed by atoms with van der Waals surface area (Å²) < 4.78 is 9.01. The number of aryl methyl sites for hydroxylation is 2. The highest BCUT2D eigenvalue weighted by Crippen LogP contribution is 2.26. The minimum Gasteiger partial charge on any atom is -0.457 e. The molecule has 0 radical (unpaired) electrons. The number of ether oxygens (including phenoxy) is 1. The molecule has 7 nitrogen and oxygen atoms in total. The highest BCUT2D eigenvalue weighted by molar-refractivity contribution is 5.71. The maximum Gasteiger partial charge on any atom is 0.318 e. The fraction of sp³-hybridized carbons (Fsp3) is 0.296. The van der Waals surface area contributed by atoms with Crippen molar-refractivity contribution >= 4 is 11.2 Å². The van der Waals surface area contributed by atoms with Gasteiger partial charge in [-0.1, -0.05) is 30.3 Å². The first-order valence-corrected chi connectivity index (χ1v) is 11.6. The third-order valence-electron chi connectivity index (χ3n) is 6.50. The van der Waals surface area contributed by atoms with Crippen LogP contribution in [-0.2, 0) is 13.6 Å². The first-order valence-electron chi connectivity index (χ1n) is 11.6. The number of fused-ring (bicyclic) bond motifs is 1. The fourth-order valence-corrected chi connectivity index (χ4v) is 4.69. The summed E-state index contributed by atoms with van der Waals surface area (Å²) in [6.45, 7) is 4.38. The number of hydrogen-bond acceptors (Lipinski definition) is 5. The van der Waals surface area contributed by atoms with Crippen LogP contribution in [0, 0.1) is 6.92 Å². The average molecular weight is 457 g/mol. The Labute approximate surface area is 197 Å². The summed E-state index contributed by atoms with van der Waals surface area (Å²) >= 11 is 0. The molecule has 0 saturated carbocycles. The predicted octanol–water partition coefficient (Wildman–Crippen LogP) is 4.03. The van der Waals surface area contributed by atoms with Crippen molar-refractivity contribution < 1.29 is 4.74 Å². The SMILES string of the molecule is Cc1ccc2c(n1)n(C1CCN(Cc3cccc(Oc4ccccc4)c3)CC1)c(=O)c(=O)n2C. The van der Waals surface area contributed by atoms with E-state index in [0.29, 0.717) is 11.2 Å². The highest BCUT2D eigenvalue weighted by atomic mass is 16.5. The van der Waals surface area contributed by atoms with Gasteiger partial charge in [0.2, 0.25) is 0 Å². The number of pyridine rings is 1. The maximum atomic E-state index is 12.9. The number of likely N-dealkylation sites (tertiary alicyclic amines) is 1. The summed E-state index contributed by atoms with van der Waals surface area (Å²) in [7, 11) is 1.63. The predicted molar refractivity (Wildman–Crippen MR) is 132 cm³/mol. The van der Waals surface area contributed by atoms with Gasteiger partial charge in [-0.3, -0.25) is 19.1 Å². The third kappa shape index (κ3) is 4.39.